The molecule has 1 aliphatic rings. The van der Waals surface area contributed by atoms with E-state index in [1.807, 2.05) is 7.05 Å². The fourth-order valence-corrected chi connectivity index (χ4v) is 2.64. The summed E-state index contributed by atoms with van der Waals surface area (Å²) in [5.74, 6) is 2.05. The minimum atomic E-state index is 0.330. The lowest BCUT2D eigenvalue weighted by molar-refractivity contribution is 0.133. The smallest absolute Gasteiger partial charge is 0.140 e. The molecule has 2 unspecified atom stereocenters. The number of aryl methyl sites for hydroxylation is 1. The van der Waals surface area contributed by atoms with Gasteiger partial charge in [0.25, 0.3) is 0 Å². The fourth-order valence-electron chi connectivity index (χ4n) is 2.64. The van der Waals surface area contributed by atoms with Crippen molar-refractivity contribution >= 4 is 0 Å². The van der Waals surface area contributed by atoms with Crippen molar-refractivity contribution in [1.29, 1.82) is 0 Å². The van der Waals surface area contributed by atoms with Crippen molar-refractivity contribution in [2.75, 3.05) is 13.2 Å². The van der Waals surface area contributed by atoms with Crippen LogP contribution in [0, 0.1) is 11.8 Å². The van der Waals surface area contributed by atoms with Gasteiger partial charge in [0, 0.05) is 13.7 Å². The minimum absolute atomic E-state index is 0.330. The second kappa shape index (κ2) is 6.12. The summed E-state index contributed by atoms with van der Waals surface area (Å²) < 4.78 is 1.79. The van der Waals surface area contributed by atoms with E-state index in [1.54, 1.807) is 11.0 Å². The first-order chi connectivity index (χ1) is 8.31. The van der Waals surface area contributed by atoms with Crippen LogP contribution in [0.25, 0.3) is 0 Å². The summed E-state index contributed by atoms with van der Waals surface area (Å²) in [7, 11) is 1.90. The van der Waals surface area contributed by atoms with Gasteiger partial charge in [0.05, 0.1) is 6.54 Å². The van der Waals surface area contributed by atoms with Gasteiger partial charge in [0.15, 0.2) is 0 Å². The normalized spacial score (nSPS) is 25.1. The molecular formula is C12H22N4O. The summed E-state index contributed by atoms with van der Waals surface area (Å²) in [5.41, 5.74) is 0. The van der Waals surface area contributed by atoms with Gasteiger partial charge in [-0.3, -0.25) is 4.68 Å². The third-order valence-corrected chi connectivity index (χ3v) is 3.80. The Morgan fingerprint density at radius 3 is 2.82 bits per heavy atom. The molecule has 5 heteroatoms. The van der Waals surface area contributed by atoms with Crippen molar-refractivity contribution in [1.82, 2.24) is 20.1 Å². The molecule has 1 aliphatic carbocycles. The van der Waals surface area contributed by atoms with Gasteiger partial charge in [-0.05, 0) is 31.2 Å². The quantitative estimate of drug-likeness (QED) is 0.793. The maximum Gasteiger partial charge on any atom is 0.140 e. The van der Waals surface area contributed by atoms with Crippen molar-refractivity contribution in [3.8, 4) is 0 Å². The highest BCUT2D eigenvalue weighted by Crippen LogP contribution is 2.29. The van der Waals surface area contributed by atoms with Crippen LogP contribution in [0.2, 0.25) is 0 Å². The van der Waals surface area contributed by atoms with E-state index >= 15 is 0 Å². The third-order valence-electron chi connectivity index (χ3n) is 3.80. The number of aliphatic hydroxyl groups is 1. The van der Waals surface area contributed by atoms with Crippen molar-refractivity contribution in [3.63, 3.8) is 0 Å². The summed E-state index contributed by atoms with van der Waals surface area (Å²) in [6, 6.07) is 0. The molecule has 2 rings (SSSR count). The molecule has 96 valence electrons. The number of aromatic nitrogens is 3. The topological polar surface area (TPSA) is 63.0 Å². The second-order valence-electron chi connectivity index (χ2n) is 4.92. The van der Waals surface area contributed by atoms with Gasteiger partial charge in [-0.1, -0.05) is 12.8 Å². The predicted molar refractivity (Wildman–Crippen MR) is 65.2 cm³/mol. The molecule has 17 heavy (non-hydrogen) atoms. The maximum atomic E-state index is 9.33. The lowest BCUT2D eigenvalue weighted by atomic mass is 9.79. The maximum absolute atomic E-state index is 9.33. The first-order valence-electron chi connectivity index (χ1n) is 6.45. The molecule has 2 atom stereocenters. The monoisotopic (exact) mass is 238 g/mol. The largest absolute Gasteiger partial charge is 0.396 e. The molecule has 1 aromatic heterocycles. The lowest BCUT2D eigenvalue weighted by Crippen LogP contribution is -2.32. The summed E-state index contributed by atoms with van der Waals surface area (Å²) in [5, 5.41) is 16.8. The van der Waals surface area contributed by atoms with Gasteiger partial charge >= 0.3 is 0 Å². The Labute approximate surface area is 102 Å². The molecule has 1 fully saturated rings. The molecule has 0 saturated heterocycles. The van der Waals surface area contributed by atoms with E-state index in [9.17, 15) is 5.11 Å². The number of hydrogen-bond acceptors (Lipinski definition) is 4. The van der Waals surface area contributed by atoms with Crippen LogP contribution in [0.5, 0.6) is 0 Å². The average Bonchev–Trinajstić information content (AvgIpc) is 2.76. The van der Waals surface area contributed by atoms with E-state index in [-0.39, 0.29) is 0 Å². The molecule has 0 aromatic carbocycles. The van der Waals surface area contributed by atoms with Gasteiger partial charge in [-0.25, -0.2) is 4.98 Å². The van der Waals surface area contributed by atoms with Gasteiger partial charge in [0.1, 0.15) is 12.2 Å². The van der Waals surface area contributed by atoms with E-state index in [4.69, 9.17) is 0 Å². The molecule has 1 saturated carbocycles. The Morgan fingerprint density at radius 2 is 2.18 bits per heavy atom. The van der Waals surface area contributed by atoms with Crippen molar-refractivity contribution in [2.45, 2.75) is 32.2 Å². The standard InChI is InChI=1S/C12H22N4O/c1-16-12(14-9-15-16)7-13-6-10-4-2-3-5-11(10)8-17/h9-11,13,17H,2-8H2,1H3. The Hall–Kier alpha value is -0.940. The van der Waals surface area contributed by atoms with Crippen LogP contribution in [-0.4, -0.2) is 33.0 Å². The summed E-state index contributed by atoms with van der Waals surface area (Å²) in [6.45, 7) is 2.06. The van der Waals surface area contributed by atoms with Gasteiger partial charge in [-0.2, -0.15) is 5.10 Å². The molecule has 0 bridgehead atoms. The Kier molecular flexibility index (Phi) is 4.50. The zero-order valence-electron chi connectivity index (χ0n) is 10.5. The van der Waals surface area contributed by atoms with E-state index in [0.717, 1.165) is 18.9 Å². The molecule has 1 aromatic rings. The van der Waals surface area contributed by atoms with E-state index in [2.05, 4.69) is 15.4 Å². The van der Waals surface area contributed by atoms with Gasteiger partial charge in [-0.15, -0.1) is 0 Å². The fraction of sp³-hybridized carbons (Fsp3) is 0.833. The highest BCUT2D eigenvalue weighted by molar-refractivity contribution is 4.83. The van der Waals surface area contributed by atoms with Gasteiger partial charge in [0.2, 0.25) is 0 Å². The Bertz CT molecular complexity index is 339. The van der Waals surface area contributed by atoms with Crippen molar-refractivity contribution in [2.24, 2.45) is 18.9 Å². The summed E-state index contributed by atoms with van der Waals surface area (Å²) in [4.78, 5) is 4.18. The minimum Gasteiger partial charge on any atom is -0.396 e. The molecule has 5 nitrogen and oxygen atoms in total. The first-order valence-corrected chi connectivity index (χ1v) is 6.45. The lowest BCUT2D eigenvalue weighted by Gasteiger charge is -2.30. The zero-order valence-corrected chi connectivity index (χ0v) is 10.5. The number of nitrogens with zero attached hydrogens (tertiary/aromatic N) is 3. The molecule has 1 heterocycles. The first kappa shape index (κ1) is 12.5. The van der Waals surface area contributed by atoms with E-state index in [1.165, 1.54) is 25.7 Å². The molecule has 2 N–H and O–H groups in total. The van der Waals surface area contributed by atoms with Gasteiger partial charge < -0.3 is 10.4 Å². The van der Waals surface area contributed by atoms with Crippen molar-refractivity contribution in [3.05, 3.63) is 12.2 Å². The average molecular weight is 238 g/mol. The van der Waals surface area contributed by atoms with Crippen LogP contribution in [0.3, 0.4) is 0 Å². The van der Waals surface area contributed by atoms with Crippen LogP contribution in [0.1, 0.15) is 31.5 Å². The second-order valence-corrected chi connectivity index (χ2v) is 4.92. The highest BCUT2D eigenvalue weighted by atomic mass is 16.3. The number of nitrogens with one attached hydrogen (secondary N) is 1. The van der Waals surface area contributed by atoms with Crippen LogP contribution in [0.15, 0.2) is 6.33 Å². The molecule has 0 amide bonds. The van der Waals surface area contributed by atoms with Crippen LogP contribution in [-0.2, 0) is 13.6 Å². The summed E-state index contributed by atoms with van der Waals surface area (Å²) in [6.07, 6.45) is 6.55. The number of aliphatic hydroxyl groups excluding tert-OH is 1. The predicted octanol–water partition coefficient (Wildman–Crippen LogP) is 0.703. The highest BCUT2D eigenvalue weighted by Gasteiger charge is 2.23. The molecular weight excluding hydrogens is 216 g/mol. The van der Waals surface area contributed by atoms with Crippen LogP contribution >= 0.6 is 0 Å². The SMILES string of the molecule is Cn1ncnc1CNCC1CCCCC1CO. The van der Waals surface area contributed by atoms with E-state index in [0.29, 0.717) is 18.4 Å². The molecule has 0 aliphatic heterocycles. The number of rotatable bonds is 5. The Morgan fingerprint density at radius 1 is 1.41 bits per heavy atom. The molecule has 0 radical (unpaired) electrons. The zero-order chi connectivity index (χ0) is 12.1. The van der Waals surface area contributed by atoms with Crippen LogP contribution < -0.4 is 5.32 Å². The Balaban J connectivity index is 1.75. The van der Waals surface area contributed by atoms with Crippen molar-refractivity contribution < 1.29 is 5.11 Å². The van der Waals surface area contributed by atoms with Crippen LogP contribution in [0.4, 0.5) is 0 Å². The molecule has 0 spiro atoms. The third kappa shape index (κ3) is 3.26. The summed E-state index contributed by atoms with van der Waals surface area (Å²) >= 11 is 0. The van der Waals surface area contributed by atoms with E-state index < -0.39 is 0 Å². The number of hydrogen-bond donors (Lipinski definition) is 2.